The summed E-state index contributed by atoms with van der Waals surface area (Å²) >= 11 is 0. The van der Waals surface area contributed by atoms with Gasteiger partial charge in [0, 0.05) is 12.6 Å². The number of nitrogens with zero attached hydrogens (tertiary/aromatic N) is 3. The Morgan fingerprint density at radius 3 is 2.74 bits per heavy atom. The van der Waals surface area contributed by atoms with Crippen molar-refractivity contribution in [1.29, 1.82) is 5.26 Å². The molecule has 0 unspecified atom stereocenters. The SMILES string of the molecule is N#Cc1nc(NCCCS(N)(=O)=O)ccc1[N+](=O)[O-]. The lowest BCUT2D eigenvalue weighted by atomic mass is 10.3. The largest absolute Gasteiger partial charge is 0.370 e. The summed E-state index contributed by atoms with van der Waals surface area (Å²) in [5, 5.41) is 26.9. The molecule has 10 heteroatoms. The Balaban J connectivity index is 2.66. The highest BCUT2D eigenvalue weighted by Gasteiger charge is 2.15. The van der Waals surface area contributed by atoms with E-state index < -0.39 is 14.9 Å². The fraction of sp³-hybridized carbons (Fsp3) is 0.333. The Bertz CT molecular complexity index is 622. The molecule has 0 amide bonds. The molecule has 1 aromatic rings. The van der Waals surface area contributed by atoms with Gasteiger partial charge in [0.25, 0.3) is 0 Å². The molecule has 0 aromatic carbocycles. The maximum atomic E-state index is 10.7. The topological polar surface area (TPSA) is 152 Å². The predicted molar refractivity (Wildman–Crippen MR) is 66.7 cm³/mol. The van der Waals surface area contributed by atoms with Crippen molar-refractivity contribution in [3.8, 4) is 6.07 Å². The number of nitriles is 1. The first kappa shape index (κ1) is 14.8. The van der Waals surface area contributed by atoms with Crippen LogP contribution in [0.1, 0.15) is 12.1 Å². The van der Waals surface area contributed by atoms with Gasteiger partial charge in [-0.15, -0.1) is 0 Å². The van der Waals surface area contributed by atoms with Gasteiger partial charge in [-0.2, -0.15) is 5.26 Å². The number of primary sulfonamides is 1. The maximum Gasteiger partial charge on any atom is 0.305 e. The molecule has 0 aliphatic carbocycles. The van der Waals surface area contributed by atoms with Crippen molar-refractivity contribution in [2.45, 2.75) is 6.42 Å². The van der Waals surface area contributed by atoms with Gasteiger partial charge in [0.2, 0.25) is 15.7 Å². The minimum Gasteiger partial charge on any atom is -0.370 e. The Morgan fingerprint density at radius 2 is 2.21 bits per heavy atom. The molecule has 3 N–H and O–H groups in total. The second-order valence-electron chi connectivity index (χ2n) is 3.58. The number of nitrogens with two attached hydrogens (primary N) is 1. The number of aromatic nitrogens is 1. The zero-order valence-corrected chi connectivity index (χ0v) is 10.6. The summed E-state index contributed by atoms with van der Waals surface area (Å²) in [6, 6.07) is 4.13. The Labute approximate surface area is 109 Å². The standard InChI is InChI=1S/C9H11N5O4S/c10-6-7-8(14(15)16)2-3-9(13-7)12-4-1-5-19(11,17)18/h2-3H,1,4-5H2,(H,12,13)(H2,11,17,18). The van der Waals surface area contributed by atoms with Gasteiger partial charge in [0.1, 0.15) is 11.9 Å². The highest BCUT2D eigenvalue weighted by molar-refractivity contribution is 7.89. The maximum absolute atomic E-state index is 10.7. The summed E-state index contributed by atoms with van der Waals surface area (Å²) in [6.45, 7) is 0.270. The highest BCUT2D eigenvalue weighted by atomic mass is 32.2. The van der Waals surface area contributed by atoms with E-state index in [1.807, 2.05) is 0 Å². The minimum atomic E-state index is -3.51. The molecule has 0 saturated carbocycles. The molecule has 0 aliphatic heterocycles. The van der Waals surface area contributed by atoms with Crippen LogP contribution in [0, 0.1) is 21.4 Å². The van der Waals surface area contributed by atoms with Gasteiger partial charge in [-0.25, -0.2) is 18.5 Å². The van der Waals surface area contributed by atoms with Crippen LogP contribution in [0.2, 0.25) is 0 Å². The van der Waals surface area contributed by atoms with E-state index in [1.165, 1.54) is 6.07 Å². The zero-order valence-electron chi connectivity index (χ0n) is 9.74. The fourth-order valence-electron chi connectivity index (χ4n) is 1.27. The number of hydrogen-bond donors (Lipinski definition) is 2. The Kier molecular flexibility index (Phi) is 4.74. The van der Waals surface area contributed by atoms with E-state index in [-0.39, 0.29) is 35.9 Å². The van der Waals surface area contributed by atoms with E-state index in [9.17, 15) is 18.5 Å². The number of rotatable bonds is 6. The molecule has 1 heterocycles. The molecule has 0 bridgehead atoms. The smallest absolute Gasteiger partial charge is 0.305 e. The predicted octanol–water partition coefficient (Wildman–Crippen LogP) is -0.0480. The number of sulfonamides is 1. The van der Waals surface area contributed by atoms with Gasteiger partial charge in [-0.3, -0.25) is 10.1 Å². The zero-order chi connectivity index (χ0) is 14.5. The fourth-order valence-corrected chi connectivity index (χ4v) is 1.82. The van der Waals surface area contributed by atoms with Gasteiger partial charge < -0.3 is 5.32 Å². The van der Waals surface area contributed by atoms with Crippen LogP contribution in [0.4, 0.5) is 11.5 Å². The first-order chi connectivity index (χ1) is 8.83. The summed E-state index contributed by atoms with van der Waals surface area (Å²) in [7, 11) is -3.51. The van der Waals surface area contributed by atoms with Crippen LogP contribution < -0.4 is 10.5 Å². The molecule has 1 rings (SSSR count). The normalized spacial score (nSPS) is 10.7. The molecule has 0 atom stereocenters. The van der Waals surface area contributed by atoms with Gasteiger partial charge in [0.15, 0.2) is 0 Å². The third-order valence-corrected chi connectivity index (χ3v) is 2.95. The Hall–Kier alpha value is -2.25. The minimum absolute atomic E-state index is 0.182. The average molecular weight is 285 g/mol. The second kappa shape index (κ2) is 6.07. The van der Waals surface area contributed by atoms with Crippen molar-refractivity contribution in [2.24, 2.45) is 5.14 Å². The first-order valence-electron chi connectivity index (χ1n) is 5.13. The molecule has 1 aromatic heterocycles. The van der Waals surface area contributed by atoms with Crippen molar-refractivity contribution < 1.29 is 13.3 Å². The summed E-state index contributed by atoms with van der Waals surface area (Å²) in [6.07, 6.45) is 0.263. The molecule has 0 fully saturated rings. The third kappa shape index (κ3) is 4.86. The van der Waals surface area contributed by atoms with Crippen molar-refractivity contribution in [3.05, 3.63) is 27.9 Å². The van der Waals surface area contributed by atoms with Crippen LogP contribution in [0.3, 0.4) is 0 Å². The molecule has 0 saturated heterocycles. The van der Waals surface area contributed by atoms with Crippen LogP contribution in [-0.2, 0) is 10.0 Å². The van der Waals surface area contributed by atoms with Crippen molar-refractivity contribution >= 4 is 21.5 Å². The Morgan fingerprint density at radius 1 is 1.53 bits per heavy atom. The molecule has 0 spiro atoms. The van der Waals surface area contributed by atoms with E-state index in [0.717, 1.165) is 6.07 Å². The number of anilines is 1. The van der Waals surface area contributed by atoms with E-state index in [1.54, 1.807) is 6.07 Å². The van der Waals surface area contributed by atoms with Crippen LogP contribution in [0.5, 0.6) is 0 Å². The lowest BCUT2D eigenvalue weighted by Gasteiger charge is -2.05. The highest BCUT2D eigenvalue weighted by Crippen LogP contribution is 2.17. The number of pyridine rings is 1. The van der Waals surface area contributed by atoms with Crippen molar-refractivity contribution in [2.75, 3.05) is 17.6 Å². The lowest BCUT2D eigenvalue weighted by Crippen LogP contribution is -2.18. The third-order valence-electron chi connectivity index (χ3n) is 2.09. The molecular weight excluding hydrogens is 274 g/mol. The number of hydrogen-bond acceptors (Lipinski definition) is 7. The second-order valence-corrected chi connectivity index (χ2v) is 5.31. The van der Waals surface area contributed by atoms with Crippen LogP contribution in [0.25, 0.3) is 0 Å². The van der Waals surface area contributed by atoms with E-state index in [0.29, 0.717) is 0 Å². The summed E-state index contributed by atoms with van der Waals surface area (Å²) < 4.78 is 21.4. The quantitative estimate of drug-likeness (QED) is 0.422. The molecule has 102 valence electrons. The van der Waals surface area contributed by atoms with Crippen LogP contribution >= 0.6 is 0 Å². The van der Waals surface area contributed by atoms with E-state index in [4.69, 9.17) is 10.4 Å². The number of nitro groups is 1. The van der Waals surface area contributed by atoms with Gasteiger partial charge in [0.05, 0.1) is 10.7 Å². The first-order valence-corrected chi connectivity index (χ1v) is 6.85. The van der Waals surface area contributed by atoms with Gasteiger partial charge in [-0.05, 0) is 12.5 Å². The molecular formula is C9H11N5O4S. The average Bonchev–Trinajstić information content (AvgIpc) is 2.33. The van der Waals surface area contributed by atoms with Gasteiger partial charge >= 0.3 is 5.69 Å². The van der Waals surface area contributed by atoms with Crippen molar-refractivity contribution in [3.63, 3.8) is 0 Å². The summed E-state index contributed by atoms with van der Waals surface area (Å²) in [4.78, 5) is 13.6. The summed E-state index contributed by atoms with van der Waals surface area (Å²) in [5.41, 5.74) is -0.681. The molecule has 19 heavy (non-hydrogen) atoms. The van der Waals surface area contributed by atoms with Crippen molar-refractivity contribution in [1.82, 2.24) is 4.98 Å². The monoisotopic (exact) mass is 285 g/mol. The van der Waals surface area contributed by atoms with Crippen LogP contribution in [-0.4, -0.2) is 30.6 Å². The molecule has 9 nitrogen and oxygen atoms in total. The number of nitrogens with one attached hydrogen (secondary N) is 1. The van der Waals surface area contributed by atoms with Crippen LogP contribution in [0.15, 0.2) is 12.1 Å². The van der Waals surface area contributed by atoms with Gasteiger partial charge in [-0.1, -0.05) is 0 Å². The summed E-state index contributed by atoms with van der Waals surface area (Å²) in [5.74, 6) is 0.0783. The van der Waals surface area contributed by atoms with E-state index in [2.05, 4.69) is 10.3 Å². The van der Waals surface area contributed by atoms with E-state index >= 15 is 0 Å². The lowest BCUT2D eigenvalue weighted by molar-refractivity contribution is -0.385. The molecule has 0 aliphatic rings. The molecule has 0 radical (unpaired) electrons.